The summed E-state index contributed by atoms with van der Waals surface area (Å²) in [7, 11) is 0. The monoisotopic (exact) mass is 245 g/mol. The van der Waals surface area contributed by atoms with Crippen molar-refractivity contribution in [1.82, 2.24) is 0 Å². The fourth-order valence-electron chi connectivity index (χ4n) is 2.83. The van der Waals surface area contributed by atoms with Crippen LogP contribution < -0.4 is 5.32 Å². The molecule has 1 aliphatic carbocycles. The predicted molar refractivity (Wildman–Crippen MR) is 76.5 cm³/mol. The Morgan fingerprint density at radius 3 is 2.61 bits per heavy atom. The Morgan fingerprint density at radius 2 is 1.94 bits per heavy atom. The van der Waals surface area contributed by atoms with Gasteiger partial charge < -0.3 is 5.32 Å². The third kappa shape index (κ3) is 2.58. The smallest absolute Gasteiger partial charge is 0.152 e. The van der Waals surface area contributed by atoms with E-state index < -0.39 is 0 Å². The molecular formula is C16H23NO. The van der Waals surface area contributed by atoms with Crippen molar-refractivity contribution in [3.8, 4) is 0 Å². The number of hydrogen-bond acceptors (Lipinski definition) is 2. The van der Waals surface area contributed by atoms with Gasteiger partial charge in [-0.15, -0.1) is 0 Å². The molecule has 0 spiro atoms. The Morgan fingerprint density at radius 1 is 1.22 bits per heavy atom. The molecule has 0 amide bonds. The van der Waals surface area contributed by atoms with Crippen LogP contribution in [0.2, 0.25) is 0 Å². The minimum Gasteiger partial charge on any atom is -0.382 e. The van der Waals surface area contributed by atoms with Crippen molar-refractivity contribution in [2.24, 2.45) is 0 Å². The summed E-state index contributed by atoms with van der Waals surface area (Å²) in [5.41, 5.74) is 4.59. The molecule has 0 saturated carbocycles. The van der Waals surface area contributed by atoms with Crippen LogP contribution >= 0.6 is 0 Å². The molecule has 2 heteroatoms. The van der Waals surface area contributed by atoms with Gasteiger partial charge in [0.1, 0.15) is 0 Å². The largest absolute Gasteiger partial charge is 0.382 e. The van der Waals surface area contributed by atoms with Gasteiger partial charge in [-0.3, -0.25) is 4.79 Å². The summed E-state index contributed by atoms with van der Waals surface area (Å²) in [6, 6.07) is 4.75. The first-order chi connectivity index (χ1) is 8.80. The van der Waals surface area contributed by atoms with Crippen molar-refractivity contribution in [1.29, 1.82) is 0 Å². The van der Waals surface area contributed by atoms with E-state index in [2.05, 4.69) is 31.3 Å². The second kappa shape index (κ2) is 6.03. The minimum atomic E-state index is 0.463. The minimum absolute atomic E-state index is 0.463. The number of fused-ring (bicyclic) bond motifs is 1. The zero-order chi connectivity index (χ0) is 13.0. The molecule has 1 aliphatic rings. The van der Waals surface area contributed by atoms with Gasteiger partial charge in [0.05, 0.1) is 0 Å². The fraction of sp³-hybridized carbons (Fsp3) is 0.562. The van der Waals surface area contributed by atoms with Gasteiger partial charge in [0, 0.05) is 17.3 Å². The van der Waals surface area contributed by atoms with Gasteiger partial charge in [-0.2, -0.15) is 0 Å². The molecular weight excluding hydrogens is 222 g/mol. The summed E-state index contributed by atoms with van der Waals surface area (Å²) >= 11 is 0. The Kier molecular flexibility index (Phi) is 4.40. The SMILES string of the molecule is CCC(CC)Nc1ccc2c(c1C=O)CCCC2. The molecule has 2 nitrogen and oxygen atoms in total. The Bertz CT molecular complexity index is 421. The number of rotatable bonds is 5. The number of hydrogen-bond donors (Lipinski definition) is 1. The Labute approximate surface area is 110 Å². The average molecular weight is 245 g/mol. The highest BCUT2D eigenvalue weighted by molar-refractivity contribution is 5.87. The fourth-order valence-corrected chi connectivity index (χ4v) is 2.83. The van der Waals surface area contributed by atoms with Crippen LogP contribution in [0.3, 0.4) is 0 Å². The van der Waals surface area contributed by atoms with E-state index in [9.17, 15) is 4.79 Å². The van der Waals surface area contributed by atoms with Crippen LogP contribution in [-0.4, -0.2) is 12.3 Å². The Hall–Kier alpha value is -1.31. The summed E-state index contributed by atoms with van der Waals surface area (Å²) in [5, 5.41) is 3.52. The Balaban J connectivity index is 2.33. The maximum Gasteiger partial charge on any atom is 0.152 e. The standard InChI is InChI=1S/C16H23NO/c1-3-13(4-2)17-16-10-9-12-7-5-6-8-14(12)15(16)11-18/h9-11,13,17H,3-8H2,1-2H3. The van der Waals surface area contributed by atoms with E-state index in [0.29, 0.717) is 6.04 Å². The van der Waals surface area contributed by atoms with Gasteiger partial charge in [0.2, 0.25) is 0 Å². The molecule has 0 saturated heterocycles. The van der Waals surface area contributed by atoms with Crippen LogP contribution in [0.5, 0.6) is 0 Å². The van der Waals surface area contributed by atoms with Gasteiger partial charge >= 0.3 is 0 Å². The lowest BCUT2D eigenvalue weighted by atomic mass is 9.87. The molecule has 0 aliphatic heterocycles. The lowest BCUT2D eigenvalue weighted by Gasteiger charge is -2.23. The van der Waals surface area contributed by atoms with E-state index in [1.807, 2.05) is 0 Å². The lowest BCUT2D eigenvalue weighted by Crippen LogP contribution is -2.19. The number of anilines is 1. The van der Waals surface area contributed by atoms with Gasteiger partial charge in [0.15, 0.2) is 6.29 Å². The molecule has 0 bridgehead atoms. The van der Waals surface area contributed by atoms with E-state index in [1.165, 1.54) is 24.0 Å². The van der Waals surface area contributed by atoms with E-state index in [0.717, 1.165) is 43.2 Å². The van der Waals surface area contributed by atoms with Crippen molar-refractivity contribution in [2.45, 2.75) is 58.4 Å². The summed E-state index contributed by atoms with van der Waals surface area (Å²) in [4.78, 5) is 11.4. The zero-order valence-electron chi connectivity index (χ0n) is 11.5. The number of nitrogens with one attached hydrogen (secondary N) is 1. The van der Waals surface area contributed by atoms with Gasteiger partial charge in [-0.05, 0) is 55.7 Å². The van der Waals surface area contributed by atoms with Crippen LogP contribution in [-0.2, 0) is 12.8 Å². The molecule has 0 fully saturated rings. The first-order valence-electron chi connectivity index (χ1n) is 7.16. The number of benzene rings is 1. The first kappa shape index (κ1) is 13.1. The topological polar surface area (TPSA) is 29.1 Å². The average Bonchev–Trinajstić information content (AvgIpc) is 2.44. The maximum atomic E-state index is 11.4. The van der Waals surface area contributed by atoms with Crippen LogP contribution in [0.25, 0.3) is 0 Å². The third-order valence-electron chi connectivity index (χ3n) is 4.04. The predicted octanol–water partition coefficient (Wildman–Crippen LogP) is 3.98. The molecule has 0 heterocycles. The molecule has 0 unspecified atom stereocenters. The lowest BCUT2D eigenvalue weighted by molar-refractivity contribution is 0.112. The molecule has 98 valence electrons. The molecule has 0 radical (unpaired) electrons. The molecule has 1 N–H and O–H groups in total. The van der Waals surface area contributed by atoms with Crippen molar-refractivity contribution < 1.29 is 4.79 Å². The molecule has 2 rings (SSSR count). The summed E-state index contributed by atoms with van der Waals surface area (Å²) in [6.45, 7) is 4.36. The van der Waals surface area contributed by atoms with Crippen molar-refractivity contribution in [3.63, 3.8) is 0 Å². The van der Waals surface area contributed by atoms with Crippen molar-refractivity contribution >= 4 is 12.0 Å². The molecule has 0 atom stereocenters. The maximum absolute atomic E-state index is 11.4. The quantitative estimate of drug-likeness (QED) is 0.795. The van der Waals surface area contributed by atoms with E-state index in [4.69, 9.17) is 0 Å². The first-order valence-corrected chi connectivity index (χ1v) is 7.16. The van der Waals surface area contributed by atoms with Crippen LogP contribution in [0, 0.1) is 0 Å². The number of aryl methyl sites for hydroxylation is 1. The second-order valence-corrected chi connectivity index (χ2v) is 5.15. The number of carbonyl (C=O) groups is 1. The van der Waals surface area contributed by atoms with Crippen LogP contribution in [0.15, 0.2) is 12.1 Å². The molecule has 1 aromatic carbocycles. The van der Waals surface area contributed by atoms with Gasteiger partial charge in [0.25, 0.3) is 0 Å². The molecule has 0 aromatic heterocycles. The van der Waals surface area contributed by atoms with E-state index in [-0.39, 0.29) is 0 Å². The number of aldehydes is 1. The normalized spacial score (nSPS) is 14.4. The third-order valence-corrected chi connectivity index (χ3v) is 4.04. The highest BCUT2D eigenvalue weighted by Gasteiger charge is 2.17. The van der Waals surface area contributed by atoms with Gasteiger partial charge in [-0.1, -0.05) is 19.9 Å². The molecule has 1 aromatic rings. The summed E-state index contributed by atoms with van der Waals surface area (Å²) in [6.07, 6.45) is 7.86. The van der Waals surface area contributed by atoms with Crippen LogP contribution in [0.4, 0.5) is 5.69 Å². The van der Waals surface area contributed by atoms with Gasteiger partial charge in [-0.25, -0.2) is 0 Å². The van der Waals surface area contributed by atoms with Crippen molar-refractivity contribution in [2.75, 3.05) is 5.32 Å². The molecule has 18 heavy (non-hydrogen) atoms. The second-order valence-electron chi connectivity index (χ2n) is 5.15. The summed E-state index contributed by atoms with van der Waals surface area (Å²) in [5.74, 6) is 0. The number of carbonyl (C=O) groups excluding carboxylic acids is 1. The van der Waals surface area contributed by atoms with E-state index >= 15 is 0 Å². The zero-order valence-corrected chi connectivity index (χ0v) is 11.5. The highest BCUT2D eigenvalue weighted by Crippen LogP contribution is 2.29. The summed E-state index contributed by atoms with van der Waals surface area (Å²) < 4.78 is 0. The van der Waals surface area contributed by atoms with Crippen molar-refractivity contribution in [3.05, 3.63) is 28.8 Å². The highest BCUT2D eigenvalue weighted by atomic mass is 16.1. The van der Waals surface area contributed by atoms with Crippen LogP contribution in [0.1, 0.15) is 61.0 Å². The van der Waals surface area contributed by atoms with E-state index in [1.54, 1.807) is 0 Å².